The van der Waals surface area contributed by atoms with Gasteiger partial charge in [0.05, 0.1) is 26.6 Å². The first-order valence-corrected chi connectivity index (χ1v) is 10.7. The van der Waals surface area contributed by atoms with Crippen LogP contribution in [0.4, 0.5) is 10.5 Å². The molecular formula is C24H21Cl2N3O2. The molecule has 2 N–H and O–H groups in total. The van der Waals surface area contributed by atoms with Crippen LogP contribution in [0.5, 0.6) is 5.75 Å². The predicted octanol–water partition coefficient (Wildman–Crippen LogP) is 7.66. The number of benzene rings is 3. The van der Waals surface area contributed by atoms with Gasteiger partial charge in [0, 0.05) is 11.8 Å². The average Bonchev–Trinajstić information content (AvgIpc) is 3.16. The Bertz CT molecular complexity index is 1220. The number of fused-ring (bicyclic) bond motifs is 1. The molecule has 1 atom stereocenters. The quantitative estimate of drug-likeness (QED) is 0.325. The lowest BCUT2D eigenvalue weighted by molar-refractivity contribution is 0.215. The molecule has 158 valence electrons. The van der Waals surface area contributed by atoms with Crippen molar-refractivity contribution in [1.82, 2.24) is 9.97 Å². The molecule has 3 aromatic carbocycles. The van der Waals surface area contributed by atoms with Crippen molar-refractivity contribution >= 4 is 46.0 Å². The third kappa shape index (κ3) is 4.68. The summed E-state index contributed by atoms with van der Waals surface area (Å²) in [6.45, 7) is 4.32. The molecule has 7 heteroatoms. The highest BCUT2D eigenvalue weighted by molar-refractivity contribution is 6.39. The molecular weight excluding hydrogens is 433 g/mol. The van der Waals surface area contributed by atoms with Gasteiger partial charge in [0.25, 0.3) is 0 Å². The summed E-state index contributed by atoms with van der Waals surface area (Å²) in [5.41, 5.74) is 3.95. The Hall–Kier alpha value is -3.02. The number of hydrogen-bond acceptors (Lipinski definition) is 3. The minimum absolute atomic E-state index is 0.390. The standard InChI is InChI=1S/C24H21Cl2N3O2/c1-3-14(2)15-7-9-16(10-8-15)27-24(30)31-17-11-12-20-21(13-17)29-23(28-20)22-18(25)5-4-6-19(22)26/h4-14H,3H2,1-2H3,(H,27,30)(H,28,29). The molecule has 0 fully saturated rings. The fourth-order valence-corrected chi connectivity index (χ4v) is 3.85. The average molecular weight is 454 g/mol. The lowest BCUT2D eigenvalue weighted by Crippen LogP contribution is -2.16. The number of ether oxygens (including phenoxy) is 1. The number of aromatic nitrogens is 2. The van der Waals surface area contributed by atoms with Crippen molar-refractivity contribution in [2.75, 3.05) is 5.32 Å². The Morgan fingerprint density at radius 3 is 2.48 bits per heavy atom. The maximum Gasteiger partial charge on any atom is 0.417 e. The number of halogens is 2. The van der Waals surface area contributed by atoms with Crippen molar-refractivity contribution in [3.05, 3.63) is 76.3 Å². The molecule has 0 aliphatic heterocycles. The lowest BCUT2D eigenvalue weighted by Gasteiger charge is -2.10. The molecule has 31 heavy (non-hydrogen) atoms. The zero-order valence-corrected chi connectivity index (χ0v) is 18.6. The van der Waals surface area contributed by atoms with Crippen molar-refractivity contribution in [3.8, 4) is 17.1 Å². The van der Waals surface area contributed by atoms with Gasteiger partial charge in [-0.05, 0) is 54.3 Å². The maximum atomic E-state index is 12.3. The van der Waals surface area contributed by atoms with Crippen LogP contribution in [0.1, 0.15) is 31.7 Å². The first kappa shape index (κ1) is 21.2. The monoisotopic (exact) mass is 453 g/mol. The highest BCUT2D eigenvalue weighted by Crippen LogP contribution is 2.34. The van der Waals surface area contributed by atoms with Gasteiger partial charge in [0.15, 0.2) is 0 Å². The Morgan fingerprint density at radius 1 is 1.10 bits per heavy atom. The molecule has 0 saturated heterocycles. The molecule has 1 unspecified atom stereocenters. The number of aromatic amines is 1. The number of H-pyrrole nitrogens is 1. The first-order chi connectivity index (χ1) is 14.9. The van der Waals surface area contributed by atoms with E-state index in [0.717, 1.165) is 6.42 Å². The summed E-state index contributed by atoms with van der Waals surface area (Å²) in [7, 11) is 0. The fraction of sp³-hybridized carbons (Fsp3) is 0.167. The second-order valence-corrected chi connectivity index (χ2v) is 8.12. The van der Waals surface area contributed by atoms with E-state index in [1.165, 1.54) is 5.56 Å². The van der Waals surface area contributed by atoms with Gasteiger partial charge in [-0.1, -0.05) is 55.2 Å². The number of rotatable bonds is 5. The summed E-state index contributed by atoms with van der Waals surface area (Å²) in [6.07, 6.45) is 0.500. The molecule has 5 nitrogen and oxygen atoms in total. The van der Waals surface area contributed by atoms with Gasteiger partial charge < -0.3 is 9.72 Å². The van der Waals surface area contributed by atoms with Crippen molar-refractivity contribution < 1.29 is 9.53 Å². The molecule has 0 aliphatic rings. The lowest BCUT2D eigenvalue weighted by atomic mass is 9.99. The van der Waals surface area contributed by atoms with E-state index in [1.54, 1.807) is 36.4 Å². The zero-order chi connectivity index (χ0) is 22.0. The minimum Gasteiger partial charge on any atom is -0.410 e. The number of hydrogen-bond donors (Lipinski definition) is 2. The van der Waals surface area contributed by atoms with Crippen LogP contribution >= 0.6 is 23.2 Å². The van der Waals surface area contributed by atoms with Crippen LogP contribution in [-0.4, -0.2) is 16.1 Å². The molecule has 1 heterocycles. The highest BCUT2D eigenvalue weighted by Gasteiger charge is 2.14. The number of anilines is 1. The van der Waals surface area contributed by atoms with Gasteiger partial charge >= 0.3 is 6.09 Å². The van der Waals surface area contributed by atoms with E-state index in [2.05, 4.69) is 29.1 Å². The van der Waals surface area contributed by atoms with E-state index < -0.39 is 6.09 Å². The number of amides is 1. The number of imidazole rings is 1. The van der Waals surface area contributed by atoms with E-state index in [4.69, 9.17) is 27.9 Å². The van der Waals surface area contributed by atoms with E-state index in [1.807, 2.05) is 24.3 Å². The number of nitrogens with zero attached hydrogens (tertiary/aromatic N) is 1. The highest BCUT2D eigenvalue weighted by atomic mass is 35.5. The van der Waals surface area contributed by atoms with Crippen molar-refractivity contribution in [3.63, 3.8) is 0 Å². The normalized spacial score (nSPS) is 12.0. The van der Waals surface area contributed by atoms with Crippen LogP contribution in [-0.2, 0) is 0 Å². The van der Waals surface area contributed by atoms with Crippen LogP contribution in [0.2, 0.25) is 10.0 Å². The number of carbonyl (C=O) groups is 1. The minimum atomic E-state index is -0.565. The largest absolute Gasteiger partial charge is 0.417 e. The van der Waals surface area contributed by atoms with Crippen LogP contribution in [0.15, 0.2) is 60.7 Å². The number of nitrogens with one attached hydrogen (secondary N) is 2. The second kappa shape index (κ2) is 9.00. The summed E-state index contributed by atoms with van der Waals surface area (Å²) in [5.74, 6) is 1.42. The van der Waals surface area contributed by atoms with Gasteiger partial charge in [0.1, 0.15) is 11.6 Å². The summed E-state index contributed by atoms with van der Waals surface area (Å²) >= 11 is 12.6. The van der Waals surface area contributed by atoms with Gasteiger partial charge in [-0.2, -0.15) is 0 Å². The van der Waals surface area contributed by atoms with E-state index in [-0.39, 0.29) is 0 Å². The molecule has 0 aliphatic carbocycles. The van der Waals surface area contributed by atoms with E-state index in [9.17, 15) is 4.79 Å². The zero-order valence-electron chi connectivity index (χ0n) is 17.1. The predicted molar refractivity (Wildman–Crippen MR) is 126 cm³/mol. The molecule has 1 aromatic heterocycles. The van der Waals surface area contributed by atoms with E-state index >= 15 is 0 Å². The Morgan fingerprint density at radius 2 is 1.81 bits per heavy atom. The Balaban J connectivity index is 1.49. The second-order valence-electron chi connectivity index (χ2n) is 7.31. The molecule has 0 saturated carbocycles. The summed E-state index contributed by atoms with van der Waals surface area (Å²) < 4.78 is 5.44. The SMILES string of the molecule is CCC(C)c1ccc(NC(=O)Oc2ccc3nc(-c4c(Cl)cccc4Cl)[nH]c3c2)cc1. The third-order valence-corrected chi connectivity index (χ3v) is 5.83. The molecule has 4 aromatic rings. The van der Waals surface area contributed by atoms with Crippen LogP contribution in [0.3, 0.4) is 0 Å². The van der Waals surface area contributed by atoms with Crippen LogP contribution in [0, 0.1) is 0 Å². The van der Waals surface area contributed by atoms with Crippen molar-refractivity contribution in [2.45, 2.75) is 26.2 Å². The Kier molecular flexibility index (Phi) is 6.16. The number of carbonyl (C=O) groups excluding carboxylic acids is 1. The summed E-state index contributed by atoms with van der Waals surface area (Å²) in [5, 5.41) is 3.75. The molecule has 0 radical (unpaired) electrons. The van der Waals surface area contributed by atoms with Crippen LogP contribution < -0.4 is 10.1 Å². The van der Waals surface area contributed by atoms with Gasteiger partial charge in [-0.3, -0.25) is 5.32 Å². The summed E-state index contributed by atoms with van der Waals surface area (Å²) in [4.78, 5) is 20.0. The van der Waals surface area contributed by atoms with Gasteiger partial charge in [-0.25, -0.2) is 9.78 Å². The van der Waals surface area contributed by atoms with E-state index in [0.29, 0.717) is 49.8 Å². The van der Waals surface area contributed by atoms with Crippen molar-refractivity contribution in [1.29, 1.82) is 0 Å². The third-order valence-electron chi connectivity index (χ3n) is 5.20. The molecule has 1 amide bonds. The molecule has 4 rings (SSSR count). The molecule has 0 spiro atoms. The van der Waals surface area contributed by atoms with Gasteiger partial charge in [-0.15, -0.1) is 0 Å². The maximum absolute atomic E-state index is 12.3. The van der Waals surface area contributed by atoms with Gasteiger partial charge in [0.2, 0.25) is 0 Å². The topological polar surface area (TPSA) is 67.0 Å². The fourth-order valence-electron chi connectivity index (χ4n) is 3.28. The van der Waals surface area contributed by atoms with Crippen molar-refractivity contribution in [2.24, 2.45) is 0 Å². The summed E-state index contributed by atoms with van der Waals surface area (Å²) in [6, 6.07) is 18.2. The molecule has 0 bridgehead atoms. The Labute approximate surface area is 190 Å². The first-order valence-electron chi connectivity index (χ1n) is 9.97. The smallest absolute Gasteiger partial charge is 0.410 e. The van der Waals surface area contributed by atoms with Crippen LogP contribution in [0.25, 0.3) is 22.4 Å².